The predicted molar refractivity (Wildman–Crippen MR) is 109 cm³/mol. The topological polar surface area (TPSA) is 90.0 Å². The van der Waals surface area contributed by atoms with Gasteiger partial charge in [0.05, 0.1) is 16.0 Å². The third-order valence-electron chi connectivity index (χ3n) is 4.27. The molecule has 7 nitrogen and oxygen atoms in total. The first-order valence-corrected chi connectivity index (χ1v) is 9.67. The molecule has 0 saturated heterocycles. The van der Waals surface area contributed by atoms with E-state index in [-0.39, 0.29) is 12.5 Å². The molecule has 0 saturated carbocycles. The number of nitrogens with one attached hydrogen (secondary N) is 1. The normalized spacial score (nSPS) is 11.1. The standard InChI is InChI=1S/C20H18N4O3S/c1-3-13-6-4-7-14(10-13)22-16(25)11-24-20(26)18-19(28-12(2)21-18)17(23-24)15-8-5-9-27-15/h4-10H,3,11H2,1-2H3,(H,22,25). The Labute approximate surface area is 164 Å². The van der Waals surface area contributed by atoms with Crippen LogP contribution in [0.25, 0.3) is 21.7 Å². The van der Waals surface area contributed by atoms with E-state index in [9.17, 15) is 9.59 Å². The molecule has 0 aliphatic rings. The van der Waals surface area contributed by atoms with Crippen molar-refractivity contribution < 1.29 is 9.21 Å². The molecule has 4 aromatic rings. The first kappa shape index (κ1) is 18.1. The molecular formula is C20H18N4O3S. The maximum absolute atomic E-state index is 12.8. The minimum Gasteiger partial charge on any atom is -0.463 e. The van der Waals surface area contributed by atoms with Crippen LogP contribution in [-0.4, -0.2) is 20.7 Å². The van der Waals surface area contributed by atoms with Gasteiger partial charge in [-0.15, -0.1) is 11.3 Å². The molecule has 0 aliphatic heterocycles. The Kier molecular flexibility index (Phi) is 4.79. The van der Waals surface area contributed by atoms with Gasteiger partial charge in [0.15, 0.2) is 11.3 Å². The summed E-state index contributed by atoms with van der Waals surface area (Å²) in [5.41, 5.74) is 2.21. The van der Waals surface area contributed by atoms with Crippen molar-refractivity contribution in [1.29, 1.82) is 0 Å². The first-order chi connectivity index (χ1) is 13.5. The predicted octanol–water partition coefficient (Wildman–Crippen LogP) is 3.62. The molecule has 0 fully saturated rings. The van der Waals surface area contributed by atoms with Crippen molar-refractivity contribution >= 4 is 33.1 Å². The number of carbonyl (C=O) groups excluding carboxylic acids is 1. The van der Waals surface area contributed by atoms with Gasteiger partial charge in [0.25, 0.3) is 5.56 Å². The smallest absolute Gasteiger partial charge is 0.294 e. The van der Waals surface area contributed by atoms with Crippen molar-refractivity contribution in [2.75, 3.05) is 5.32 Å². The number of furan rings is 1. The Bertz CT molecular complexity index is 1210. The van der Waals surface area contributed by atoms with Gasteiger partial charge in [-0.1, -0.05) is 19.1 Å². The van der Waals surface area contributed by atoms with Crippen LogP contribution in [0, 0.1) is 6.92 Å². The fourth-order valence-corrected chi connectivity index (χ4v) is 3.85. The summed E-state index contributed by atoms with van der Waals surface area (Å²) in [7, 11) is 0. The summed E-state index contributed by atoms with van der Waals surface area (Å²) in [4.78, 5) is 29.6. The van der Waals surface area contributed by atoms with Gasteiger partial charge in [-0.05, 0) is 43.2 Å². The second-order valence-corrected chi connectivity index (χ2v) is 7.50. The van der Waals surface area contributed by atoms with Gasteiger partial charge in [0, 0.05) is 5.69 Å². The van der Waals surface area contributed by atoms with E-state index >= 15 is 0 Å². The van der Waals surface area contributed by atoms with Crippen molar-refractivity contribution in [3.63, 3.8) is 0 Å². The van der Waals surface area contributed by atoms with Crippen LogP contribution in [0.2, 0.25) is 0 Å². The number of amides is 1. The average molecular weight is 394 g/mol. The maximum atomic E-state index is 12.8. The van der Waals surface area contributed by atoms with Crippen molar-refractivity contribution in [2.24, 2.45) is 0 Å². The van der Waals surface area contributed by atoms with Gasteiger partial charge >= 0.3 is 0 Å². The highest BCUT2D eigenvalue weighted by molar-refractivity contribution is 7.19. The molecule has 3 aromatic heterocycles. The molecule has 0 radical (unpaired) electrons. The Morgan fingerprint density at radius 1 is 1.29 bits per heavy atom. The zero-order valence-corrected chi connectivity index (χ0v) is 16.2. The van der Waals surface area contributed by atoms with Crippen molar-refractivity contribution in [3.8, 4) is 11.5 Å². The SMILES string of the molecule is CCc1cccc(NC(=O)Cn2nc(-c3ccco3)c3sc(C)nc3c2=O)c1. The Balaban J connectivity index is 1.69. The van der Waals surface area contributed by atoms with Gasteiger partial charge in [0.1, 0.15) is 12.2 Å². The van der Waals surface area contributed by atoms with E-state index in [2.05, 4.69) is 15.4 Å². The van der Waals surface area contributed by atoms with Gasteiger partial charge < -0.3 is 9.73 Å². The van der Waals surface area contributed by atoms with Crippen molar-refractivity contribution in [2.45, 2.75) is 26.8 Å². The molecule has 1 N–H and O–H groups in total. The number of carbonyl (C=O) groups is 1. The van der Waals surface area contributed by atoms with Crippen molar-refractivity contribution in [1.82, 2.24) is 14.8 Å². The third-order valence-corrected chi connectivity index (χ3v) is 5.25. The second kappa shape index (κ2) is 7.40. The summed E-state index contributed by atoms with van der Waals surface area (Å²) in [6, 6.07) is 11.1. The van der Waals surface area contributed by atoms with Crippen molar-refractivity contribution in [3.05, 3.63) is 63.6 Å². The summed E-state index contributed by atoms with van der Waals surface area (Å²) in [5.74, 6) is 0.193. The van der Waals surface area contributed by atoms with Crippen LogP contribution in [0.4, 0.5) is 5.69 Å². The lowest BCUT2D eigenvalue weighted by Crippen LogP contribution is -2.30. The monoisotopic (exact) mass is 394 g/mol. The molecule has 1 amide bonds. The van der Waals surface area contributed by atoms with Gasteiger partial charge in [-0.3, -0.25) is 9.59 Å². The number of hydrogen-bond acceptors (Lipinski definition) is 6. The van der Waals surface area contributed by atoms with Crippen LogP contribution in [0.1, 0.15) is 17.5 Å². The van der Waals surface area contributed by atoms with Gasteiger partial charge in [0.2, 0.25) is 5.91 Å². The zero-order valence-electron chi connectivity index (χ0n) is 15.4. The molecule has 142 valence electrons. The first-order valence-electron chi connectivity index (χ1n) is 8.86. The number of nitrogens with zero attached hydrogens (tertiary/aromatic N) is 3. The van der Waals surface area contributed by atoms with Crippen LogP contribution in [-0.2, 0) is 17.8 Å². The van der Waals surface area contributed by atoms with Gasteiger partial charge in [-0.2, -0.15) is 5.10 Å². The quantitative estimate of drug-likeness (QED) is 0.558. The summed E-state index contributed by atoms with van der Waals surface area (Å²) >= 11 is 1.38. The lowest BCUT2D eigenvalue weighted by Gasteiger charge is -2.09. The lowest BCUT2D eigenvalue weighted by molar-refractivity contribution is -0.117. The van der Waals surface area contributed by atoms with E-state index in [0.29, 0.717) is 27.4 Å². The molecule has 1 aromatic carbocycles. The number of hydrogen-bond donors (Lipinski definition) is 1. The van der Waals surface area contributed by atoms with Crippen LogP contribution >= 0.6 is 11.3 Å². The number of anilines is 1. The number of thiazole rings is 1. The van der Waals surface area contributed by atoms with Crippen LogP contribution in [0.3, 0.4) is 0 Å². The largest absolute Gasteiger partial charge is 0.463 e. The molecule has 0 unspecified atom stereocenters. The van der Waals surface area contributed by atoms with E-state index in [4.69, 9.17) is 4.42 Å². The lowest BCUT2D eigenvalue weighted by atomic mass is 10.1. The number of aryl methyl sites for hydroxylation is 2. The average Bonchev–Trinajstić information content (AvgIpc) is 3.34. The number of aromatic nitrogens is 3. The molecule has 8 heteroatoms. The minimum atomic E-state index is -0.396. The summed E-state index contributed by atoms with van der Waals surface area (Å²) in [6.45, 7) is 3.66. The molecule has 0 aliphatic carbocycles. The molecular weight excluding hydrogens is 376 g/mol. The third kappa shape index (κ3) is 3.46. The van der Waals surface area contributed by atoms with E-state index in [1.165, 1.54) is 11.3 Å². The number of fused-ring (bicyclic) bond motifs is 1. The fourth-order valence-electron chi connectivity index (χ4n) is 2.95. The highest BCUT2D eigenvalue weighted by atomic mass is 32.1. The summed E-state index contributed by atoms with van der Waals surface area (Å²) in [5, 5.41) is 7.96. The summed E-state index contributed by atoms with van der Waals surface area (Å²) in [6.07, 6.45) is 2.41. The molecule has 0 atom stereocenters. The summed E-state index contributed by atoms with van der Waals surface area (Å²) < 4.78 is 7.25. The van der Waals surface area contributed by atoms with Crippen LogP contribution < -0.4 is 10.9 Å². The maximum Gasteiger partial charge on any atom is 0.294 e. The number of rotatable bonds is 5. The highest BCUT2D eigenvalue weighted by Gasteiger charge is 2.19. The molecule has 0 bridgehead atoms. The number of benzene rings is 1. The van der Waals surface area contributed by atoms with E-state index in [0.717, 1.165) is 21.7 Å². The molecule has 4 rings (SSSR count). The Hall–Kier alpha value is -3.26. The molecule has 0 spiro atoms. The van der Waals surface area contributed by atoms with E-state index in [1.54, 1.807) is 18.4 Å². The van der Waals surface area contributed by atoms with Gasteiger partial charge in [-0.25, -0.2) is 9.67 Å². The Morgan fingerprint density at radius 3 is 2.89 bits per heavy atom. The fraction of sp³-hybridized carbons (Fsp3) is 0.200. The molecule has 3 heterocycles. The highest BCUT2D eigenvalue weighted by Crippen LogP contribution is 2.29. The molecule has 28 heavy (non-hydrogen) atoms. The van der Waals surface area contributed by atoms with Crippen LogP contribution in [0.15, 0.2) is 51.9 Å². The minimum absolute atomic E-state index is 0.213. The Morgan fingerprint density at radius 2 is 2.14 bits per heavy atom. The van der Waals surface area contributed by atoms with E-state index < -0.39 is 5.56 Å². The van der Waals surface area contributed by atoms with E-state index in [1.807, 2.05) is 38.1 Å². The second-order valence-electron chi connectivity index (χ2n) is 6.30. The van der Waals surface area contributed by atoms with Crippen LogP contribution in [0.5, 0.6) is 0 Å². The zero-order chi connectivity index (χ0) is 19.7.